The van der Waals surface area contributed by atoms with Gasteiger partial charge in [0, 0.05) is 56.3 Å². The van der Waals surface area contributed by atoms with E-state index in [2.05, 4.69) is 21.9 Å². The van der Waals surface area contributed by atoms with Gasteiger partial charge in [-0.15, -0.1) is 0 Å². The van der Waals surface area contributed by atoms with Crippen molar-refractivity contribution in [3.63, 3.8) is 0 Å². The van der Waals surface area contributed by atoms with Crippen LogP contribution < -0.4 is 0 Å². The van der Waals surface area contributed by atoms with Crippen molar-refractivity contribution in [2.75, 3.05) is 39.4 Å². The van der Waals surface area contributed by atoms with Crippen LogP contribution in [0.2, 0.25) is 0 Å². The molecule has 2 aliphatic rings. The van der Waals surface area contributed by atoms with Crippen molar-refractivity contribution in [1.29, 1.82) is 0 Å². The Balaban J connectivity index is 1.43. The molecule has 4 rings (SSSR count). The van der Waals surface area contributed by atoms with Crippen LogP contribution >= 0.6 is 0 Å². The largest absolute Gasteiger partial charge is 0.381 e. The molecular weight excluding hydrogens is 330 g/mol. The van der Waals surface area contributed by atoms with Gasteiger partial charge in [-0.3, -0.25) is 9.69 Å². The van der Waals surface area contributed by atoms with Crippen LogP contribution in [0.4, 0.5) is 0 Å². The van der Waals surface area contributed by atoms with Crippen LogP contribution in [0.3, 0.4) is 0 Å². The molecule has 2 aromatic heterocycles. The summed E-state index contributed by atoms with van der Waals surface area (Å²) in [5.74, 6) is 0.338. The van der Waals surface area contributed by atoms with E-state index in [4.69, 9.17) is 4.74 Å². The number of carbonyl (C=O) groups is 1. The second-order valence-corrected chi connectivity index (χ2v) is 7.46. The Morgan fingerprint density at radius 3 is 2.96 bits per heavy atom. The Morgan fingerprint density at radius 1 is 1.27 bits per heavy atom. The second kappa shape index (κ2) is 7.32. The minimum absolute atomic E-state index is 0.0660. The molecular formula is C19H27N5O2. The fourth-order valence-corrected chi connectivity index (χ4v) is 4.01. The summed E-state index contributed by atoms with van der Waals surface area (Å²) in [6, 6.07) is 2.05. The maximum absolute atomic E-state index is 12.6. The monoisotopic (exact) mass is 357 g/mol. The summed E-state index contributed by atoms with van der Waals surface area (Å²) in [7, 11) is 0. The standard InChI is InChI=1S/C19H27N5O2/c1-14-10-15(2)24-18(21-14)17(11-20-24)12-22-5-3-6-23(8-7-22)19(25)16-4-9-26-13-16/h10-11,16H,3-9,12-13H2,1-2H3. The fraction of sp³-hybridized carbons (Fsp3) is 0.632. The molecule has 26 heavy (non-hydrogen) atoms. The number of ether oxygens (including phenoxy) is 1. The lowest BCUT2D eigenvalue weighted by atomic mass is 10.1. The molecule has 2 saturated heterocycles. The molecule has 7 nitrogen and oxygen atoms in total. The highest BCUT2D eigenvalue weighted by Crippen LogP contribution is 2.19. The third-order valence-corrected chi connectivity index (χ3v) is 5.42. The Kier molecular flexibility index (Phi) is 4.91. The van der Waals surface area contributed by atoms with Crippen molar-refractivity contribution < 1.29 is 9.53 Å². The van der Waals surface area contributed by atoms with Crippen molar-refractivity contribution in [2.45, 2.75) is 33.2 Å². The zero-order valence-corrected chi connectivity index (χ0v) is 15.6. The third-order valence-electron chi connectivity index (χ3n) is 5.42. The molecule has 2 aromatic rings. The topological polar surface area (TPSA) is 63.0 Å². The third kappa shape index (κ3) is 3.46. The number of hydrogen-bond donors (Lipinski definition) is 0. The maximum Gasteiger partial charge on any atom is 0.228 e. The number of nitrogens with zero attached hydrogens (tertiary/aromatic N) is 5. The molecule has 0 N–H and O–H groups in total. The summed E-state index contributed by atoms with van der Waals surface area (Å²) in [6.45, 7) is 9.73. The summed E-state index contributed by atoms with van der Waals surface area (Å²) < 4.78 is 7.29. The zero-order chi connectivity index (χ0) is 18.1. The van der Waals surface area contributed by atoms with E-state index < -0.39 is 0 Å². The van der Waals surface area contributed by atoms with Crippen molar-refractivity contribution in [1.82, 2.24) is 24.4 Å². The van der Waals surface area contributed by atoms with Gasteiger partial charge in [-0.25, -0.2) is 9.50 Å². The van der Waals surface area contributed by atoms with Gasteiger partial charge in [0.05, 0.1) is 18.7 Å². The van der Waals surface area contributed by atoms with E-state index >= 15 is 0 Å². The maximum atomic E-state index is 12.6. The highest BCUT2D eigenvalue weighted by Gasteiger charge is 2.29. The molecule has 1 atom stereocenters. The van der Waals surface area contributed by atoms with Crippen LogP contribution in [0.1, 0.15) is 29.8 Å². The molecule has 1 unspecified atom stereocenters. The molecule has 0 aromatic carbocycles. The van der Waals surface area contributed by atoms with Gasteiger partial charge in [-0.1, -0.05) is 0 Å². The highest BCUT2D eigenvalue weighted by molar-refractivity contribution is 5.79. The van der Waals surface area contributed by atoms with E-state index in [1.165, 1.54) is 0 Å². The molecule has 7 heteroatoms. The molecule has 140 valence electrons. The molecule has 0 bridgehead atoms. The van der Waals surface area contributed by atoms with E-state index in [0.717, 1.165) is 74.8 Å². The van der Waals surface area contributed by atoms with Crippen LogP contribution in [-0.2, 0) is 16.1 Å². The minimum Gasteiger partial charge on any atom is -0.381 e. The van der Waals surface area contributed by atoms with Gasteiger partial charge >= 0.3 is 0 Å². The molecule has 4 heterocycles. The number of carbonyl (C=O) groups excluding carboxylic acids is 1. The van der Waals surface area contributed by atoms with Gasteiger partial charge in [0.25, 0.3) is 0 Å². The van der Waals surface area contributed by atoms with Crippen LogP contribution in [0.25, 0.3) is 5.65 Å². The smallest absolute Gasteiger partial charge is 0.228 e. The second-order valence-electron chi connectivity index (χ2n) is 7.46. The fourth-order valence-electron chi connectivity index (χ4n) is 4.01. The van der Waals surface area contributed by atoms with Gasteiger partial charge in [-0.2, -0.15) is 5.10 Å². The van der Waals surface area contributed by atoms with Crippen LogP contribution in [0, 0.1) is 19.8 Å². The van der Waals surface area contributed by atoms with Crippen molar-refractivity contribution in [3.8, 4) is 0 Å². The lowest BCUT2D eigenvalue weighted by Crippen LogP contribution is -2.39. The number of aryl methyl sites for hydroxylation is 2. The van der Waals surface area contributed by atoms with Gasteiger partial charge in [0.1, 0.15) is 0 Å². The zero-order valence-electron chi connectivity index (χ0n) is 15.6. The average molecular weight is 357 g/mol. The quantitative estimate of drug-likeness (QED) is 0.831. The Morgan fingerprint density at radius 2 is 2.15 bits per heavy atom. The molecule has 0 radical (unpaired) electrons. The lowest BCUT2D eigenvalue weighted by molar-refractivity contribution is -0.135. The molecule has 0 spiro atoms. The first-order chi connectivity index (χ1) is 12.6. The Hall–Kier alpha value is -1.99. The lowest BCUT2D eigenvalue weighted by Gasteiger charge is -2.24. The van der Waals surface area contributed by atoms with Crippen molar-refractivity contribution in [3.05, 3.63) is 29.2 Å². The SMILES string of the molecule is Cc1cc(C)n2ncc(CN3CCCN(C(=O)C4CCOC4)CC3)c2n1. The van der Waals surface area contributed by atoms with Gasteiger partial charge in [0.15, 0.2) is 5.65 Å². The van der Waals surface area contributed by atoms with E-state index in [0.29, 0.717) is 6.61 Å². The summed E-state index contributed by atoms with van der Waals surface area (Å²) in [5.41, 5.74) is 4.22. The first-order valence-corrected chi connectivity index (χ1v) is 9.51. The molecule has 0 aliphatic carbocycles. The number of amides is 1. The summed E-state index contributed by atoms with van der Waals surface area (Å²) >= 11 is 0. The van der Waals surface area contributed by atoms with E-state index in [1.54, 1.807) is 0 Å². The number of fused-ring (bicyclic) bond motifs is 1. The summed E-state index contributed by atoms with van der Waals surface area (Å²) in [4.78, 5) is 21.7. The Labute approximate surface area is 153 Å². The number of hydrogen-bond acceptors (Lipinski definition) is 5. The Bertz CT molecular complexity index is 797. The van der Waals surface area contributed by atoms with Crippen molar-refractivity contribution in [2.24, 2.45) is 5.92 Å². The molecule has 1 amide bonds. The summed E-state index contributed by atoms with van der Waals surface area (Å²) in [5, 5.41) is 4.49. The highest BCUT2D eigenvalue weighted by atomic mass is 16.5. The van der Waals surface area contributed by atoms with Gasteiger partial charge < -0.3 is 9.64 Å². The first kappa shape index (κ1) is 17.4. The predicted octanol–water partition coefficient (Wildman–Crippen LogP) is 1.42. The van der Waals surface area contributed by atoms with E-state index in [1.807, 2.05) is 28.6 Å². The van der Waals surface area contributed by atoms with Gasteiger partial charge in [0.2, 0.25) is 5.91 Å². The average Bonchev–Trinajstić information content (AvgIpc) is 3.22. The van der Waals surface area contributed by atoms with Crippen LogP contribution in [-0.4, -0.2) is 69.7 Å². The minimum atomic E-state index is 0.0660. The van der Waals surface area contributed by atoms with E-state index in [-0.39, 0.29) is 11.8 Å². The molecule has 2 fully saturated rings. The molecule has 2 aliphatic heterocycles. The van der Waals surface area contributed by atoms with E-state index in [9.17, 15) is 4.79 Å². The normalized spacial score (nSPS) is 22.1. The molecule has 0 saturated carbocycles. The van der Waals surface area contributed by atoms with Gasteiger partial charge in [-0.05, 0) is 32.8 Å². The van der Waals surface area contributed by atoms with Crippen LogP contribution in [0.15, 0.2) is 12.3 Å². The number of rotatable bonds is 3. The first-order valence-electron chi connectivity index (χ1n) is 9.51. The number of aromatic nitrogens is 3. The summed E-state index contributed by atoms with van der Waals surface area (Å²) in [6.07, 6.45) is 3.80. The van der Waals surface area contributed by atoms with Crippen LogP contribution in [0.5, 0.6) is 0 Å². The predicted molar refractivity (Wildman–Crippen MR) is 97.9 cm³/mol. The van der Waals surface area contributed by atoms with Crippen molar-refractivity contribution >= 4 is 11.6 Å².